The van der Waals surface area contributed by atoms with E-state index in [2.05, 4.69) is 41.5 Å². The summed E-state index contributed by atoms with van der Waals surface area (Å²) in [7, 11) is 0. The van der Waals surface area contributed by atoms with Crippen molar-refractivity contribution in [3.8, 4) is 0 Å². The van der Waals surface area contributed by atoms with Crippen LogP contribution in [0, 0.1) is 0 Å². The number of hydrogen-bond acceptors (Lipinski definition) is 2. The van der Waals surface area contributed by atoms with Gasteiger partial charge in [0, 0.05) is 37.7 Å². The summed E-state index contributed by atoms with van der Waals surface area (Å²) in [6.45, 7) is 12.6. The number of carboxylic acid groups (broad SMARTS) is 2. The number of carbonyl (C=O) groups is 2. The summed E-state index contributed by atoms with van der Waals surface area (Å²) in [5.41, 5.74) is 3.14. The van der Waals surface area contributed by atoms with Gasteiger partial charge in [-0.3, -0.25) is 0 Å². The van der Waals surface area contributed by atoms with Crippen LogP contribution in [0.1, 0.15) is 73.4 Å². The molecule has 0 heterocycles. The van der Waals surface area contributed by atoms with E-state index in [0.717, 1.165) is 11.1 Å². The molecule has 27 heavy (non-hydrogen) atoms. The van der Waals surface area contributed by atoms with Crippen LogP contribution in [0.3, 0.4) is 0 Å². The molecule has 2 aromatic rings. The maximum atomic E-state index is 10.6. The normalized spacial score (nSPS) is 10.9. The molecule has 0 fully saturated rings. The summed E-state index contributed by atoms with van der Waals surface area (Å²) in [6, 6.07) is 14.0. The first-order chi connectivity index (χ1) is 11.8. The summed E-state index contributed by atoms with van der Waals surface area (Å²) in [5, 5.41) is 17.4. The molecule has 2 aromatic carbocycles. The summed E-state index contributed by atoms with van der Waals surface area (Å²) < 4.78 is 0. The fraction of sp³-hybridized carbons (Fsp3) is 0.364. The van der Waals surface area contributed by atoms with E-state index >= 15 is 0 Å². The molecule has 142 valence electrons. The van der Waals surface area contributed by atoms with Gasteiger partial charge in [-0.15, -0.1) is 0 Å². The van der Waals surface area contributed by atoms with E-state index in [4.69, 9.17) is 10.2 Å². The van der Waals surface area contributed by atoms with Gasteiger partial charge in [-0.05, 0) is 46.2 Å². The quantitative estimate of drug-likeness (QED) is 0.702. The Bertz CT molecular complexity index is 681. The van der Waals surface area contributed by atoms with E-state index in [1.165, 1.54) is 0 Å². The number of benzene rings is 2. The Labute approximate surface area is 191 Å². The molecule has 0 aliphatic carbocycles. The van der Waals surface area contributed by atoms with Crippen molar-refractivity contribution in [3.63, 3.8) is 0 Å². The second kappa shape index (κ2) is 10.3. The van der Waals surface area contributed by atoms with Crippen LogP contribution >= 0.6 is 0 Å². The fourth-order valence-electron chi connectivity index (χ4n) is 2.23. The first-order valence-corrected chi connectivity index (χ1v) is 8.50. The molecule has 5 heteroatoms. The van der Waals surface area contributed by atoms with E-state index in [9.17, 15) is 9.59 Å². The van der Waals surface area contributed by atoms with Gasteiger partial charge in [0.25, 0.3) is 0 Å². The predicted octanol–water partition coefficient (Wildman–Crippen LogP) is 4.98. The Morgan fingerprint density at radius 2 is 0.815 bits per heavy atom. The van der Waals surface area contributed by atoms with Gasteiger partial charge in [0.2, 0.25) is 0 Å². The van der Waals surface area contributed by atoms with Crippen LogP contribution in [-0.4, -0.2) is 59.9 Å². The van der Waals surface area contributed by atoms with Gasteiger partial charge in [0.05, 0.1) is 11.1 Å². The fourth-order valence-corrected chi connectivity index (χ4v) is 2.23. The Morgan fingerprint density at radius 3 is 0.963 bits per heavy atom. The molecule has 0 atom stereocenters. The van der Waals surface area contributed by atoms with Gasteiger partial charge < -0.3 is 10.2 Å². The van der Waals surface area contributed by atoms with Gasteiger partial charge in [-0.1, -0.05) is 65.8 Å². The zero-order valence-electron chi connectivity index (χ0n) is 17.0. The van der Waals surface area contributed by atoms with Crippen molar-refractivity contribution < 1.29 is 19.8 Å². The zero-order chi connectivity index (χ0) is 20.1. The molecule has 2 radical (unpaired) electrons. The van der Waals surface area contributed by atoms with Crippen LogP contribution in [0.4, 0.5) is 0 Å². The average Bonchev–Trinajstić information content (AvgIpc) is 2.54. The first-order valence-electron chi connectivity index (χ1n) is 8.50. The van der Waals surface area contributed by atoms with Crippen molar-refractivity contribution in [1.29, 1.82) is 0 Å². The van der Waals surface area contributed by atoms with Crippen LogP contribution < -0.4 is 0 Å². The number of rotatable bonds is 2. The van der Waals surface area contributed by atoms with Crippen LogP contribution in [0.15, 0.2) is 48.5 Å². The maximum absolute atomic E-state index is 10.6. The SMILES string of the molecule is CC(C)(C)c1ccc(C(=O)O)cc1.CC(C)(C)c1ccc(C(=O)O)cc1.[Ca]. The number of carboxylic acids is 2. The molecule has 0 aromatic heterocycles. The van der Waals surface area contributed by atoms with Crippen LogP contribution in [0.25, 0.3) is 0 Å². The van der Waals surface area contributed by atoms with Crippen molar-refractivity contribution in [1.82, 2.24) is 0 Å². The van der Waals surface area contributed by atoms with Crippen molar-refractivity contribution in [2.45, 2.75) is 52.4 Å². The second-order valence-electron chi connectivity index (χ2n) is 8.27. The largest absolute Gasteiger partial charge is 0.478 e. The minimum Gasteiger partial charge on any atom is -0.478 e. The third-order valence-electron chi connectivity index (χ3n) is 4.00. The minimum atomic E-state index is -0.875. The molecule has 2 N–H and O–H groups in total. The van der Waals surface area contributed by atoms with E-state index in [-0.39, 0.29) is 48.6 Å². The molecule has 0 spiro atoms. The summed E-state index contributed by atoms with van der Waals surface area (Å²) >= 11 is 0. The molecule has 0 aliphatic rings. The van der Waals surface area contributed by atoms with Gasteiger partial charge >= 0.3 is 11.9 Å². The standard InChI is InChI=1S/2C11H14O2.Ca/c2*1-11(2,3)9-6-4-8(5-7-9)10(12)13;/h2*4-7H,1-3H3,(H,12,13);. The smallest absolute Gasteiger partial charge is 0.335 e. The van der Waals surface area contributed by atoms with Crippen LogP contribution in [0.5, 0.6) is 0 Å². The van der Waals surface area contributed by atoms with Crippen LogP contribution in [-0.2, 0) is 10.8 Å². The summed E-state index contributed by atoms with van der Waals surface area (Å²) in [5.74, 6) is -1.75. The van der Waals surface area contributed by atoms with Crippen molar-refractivity contribution in [3.05, 3.63) is 70.8 Å². The van der Waals surface area contributed by atoms with Crippen molar-refractivity contribution >= 4 is 49.7 Å². The Kier molecular flexibility index (Phi) is 9.74. The Morgan fingerprint density at radius 1 is 0.593 bits per heavy atom. The average molecular weight is 397 g/mol. The maximum Gasteiger partial charge on any atom is 0.335 e. The Hall–Kier alpha value is -1.36. The summed E-state index contributed by atoms with van der Waals surface area (Å²) in [4.78, 5) is 21.1. The molecule has 2 rings (SSSR count). The molecular weight excluding hydrogens is 368 g/mol. The molecule has 0 unspecified atom stereocenters. The first kappa shape index (κ1) is 25.6. The molecule has 0 bridgehead atoms. The van der Waals surface area contributed by atoms with E-state index in [1.807, 2.05) is 24.3 Å². The van der Waals surface area contributed by atoms with E-state index < -0.39 is 11.9 Å². The minimum absolute atomic E-state index is 0. The van der Waals surface area contributed by atoms with Crippen molar-refractivity contribution in [2.24, 2.45) is 0 Å². The van der Waals surface area contributed by atoms with Gasteiger partial charge in [0.15, 0.2) is 0 Å². The zero-order valence-corrected chi connectivity index (χ0v) is 19.2. The number of hydrogen-bond donors (Lipinski definition) is 2. The van der Waals surface area contributed by atoms with E-state index in [0.29, 0.717) is 11.1 Å². The van der Waals surface area contributed by atoms with Gasteiger partial charge in [0.1, 0.15) is 0 Å². The second-order valence-corrected chi connectivity index (χ2v) is 8.27. The Balaban J connectivity index is 0.000000483. The third kappa shape index (κ3) is 8.46. The van der Waals surface area contributed by atoms with Crippen molar-refractivity contribution in [2.75, 3.05) is 0 Å². The van der Waals surface area contributed by atoms with Gasteiger partial charge in [-0.25, -0.2) is 9.59 Å². The van der Waals surface area contributed by atoms with Gasteiger partial charge in [-0.2, -0.15) is 0 Å². The molecule has 4 nitrogen and oxygen atoms in total. The monoisotopic (exact) mass is 396 g/mol. The third-order valence-corrected chi connectivity index (χ3v) is 4.00. The molecule has 0 saturated carbocycles. The molecule has 0 amide bonds. The predicted molar refractivity (Wildman–Crippen MR) is 110 cm³/mol. The molecule has 0 saturated heterocycles. The molecule has 0 aliphatic heterocycles. The topological polar surface area (TPSA) is 74.6 Å². The van der Waals surface area contributed by atoms with E-state index in [1.54, 1.807) is 24.3 Å². The number of aromatic carboxylic acids is 2. The molecular formula is C22H28CaO4. The summed E-state index contributed by atoms with van der Waals surface area (Å²) in [6.07, 6.45) is 0. The van der Waals surface area contributed by atoms with Crippen LogP contribution in [0.2, 0.25) is 0 Å².